The fourth-order valence-corrected chi connectivity index (χ4v) is 4.39. The monoisotopic (exact) mass is 556 g/mol. The molecule has 0 radical (unpaired) electrons. The van der Waals surface area contributed by atoms with Gasteiger partial charge in [0.15, 0.2) is 0 Å². The van der Waals surface area contributed by atoms with Crippen LogP contribution in [-0.4, -0.2) is 10.2 Å². The zero-order chi connectivity index (χ0) is 15.9. The lowest BCUT2D eigenvalue weighted by atomic mass is 9.78. The average molecular weight is 560 g/mol. The smallest absolute Gasteiger partial charge is 0.143 e. The molecule has 2 N–H and O–H groups in total. The molecule has 6 heteroatoms. The maximum absolute atomic E-state index is 9.85. The Hall–Kier alpha value is -0.0400. The Bertz CT molecular complexity index is 606. The number of aromatic hydroxyl groups is 2. The van der Waals surface area contributed by atoms with E-state index < -0.39 is 0 Å². The van der Waals surface area contributed by atoms with Crippen LogP contribution in [0.15, 0.2) is 42.2 Å². The van der Waals surface area contributed by atoms with Gasteiger partial charge in [-0.05, 0) is 99.1 Å². The summed E-state index contributed by atoms with van der Waals surface area (Å²) >= 11 is 13.5. The fraction of sp³-hybridized carbons (Fsp3) is 0.250. The van der Waals surface area contributed by atoms with Gasteiger partial charge in [-0.3, -0.25) is 0 Å². The lowest BCUT2D eigenvalue weighted by Crippen LogP contribution is -2.19. The predicted octanol–water partition coefficient (Wildman–Crippen LogP) is 7.11. The Balaban J connectivity index is 0.00000242. The summed E-state index contributed by atoms with van der Waals surface area (Å²) in [4.78, 5) is 0. The summed E-state index contributed by atoms with van der Waals surface area (Å²) in [5.74, 6) is 0.366. The van der Waals surface area contributed by atoms with Crippen LogP contribution >= 0.6 is 63.7 Å². The number of phenolic OH excluding ortho intramolecular Hbond substituents is 2. The number of rotatable bonds is 2. The second-order valence-corrected chi connectivity index (χ2v) is 8.62. The third-order valence-electron chi connectivity index (χ3n) is 3.48. The predicted molar refractivity (Wildman–Crippen MR) is 106 cm³/mol. The number of phenols is 2. The van der Waals surface area contributed by atoms with E-state index in [1.807, 2.05) is 24.3 Å². The Morgan fingerprint density at radius 1 is 0.682 bits per heavy atom. The lowest BCUT2D eigenvalue weighted by Gasteiger charge is -2.27. The van der Waals surface area contributed by atoms with Gasteiger partial charge in [0.25, 0.3) is 0 Å². The SMILES string of the molecule is C.CC(C)(c1cc(Br)c(O)c(Br)c1)c1cc(Br)c(O)c(Br)c1. The van der Waals surface area contributed by atoms with Crippen molar-refractivity contribution in [3.63, 3.8) is 0 Å². The number of halogens is 4. The molecule has 22 heavy (non-hydrogen) atoms. The van der Waals surface area contributed by atoms with Crippen molar-refractivity contribution in [1.82, 2.24) is 0 Å². The van der Waals surface area contributed by atoms with Gasteiger partial charge in [-0.1, -0.05) is 21.3 Å². The van der Waals surface area contributed by atoms with Crippen molar-refractivity contribution < 1.29 is 10.2 Å². The molecule has 0 spiro atoms. The van der Waals surface area contributed by atoms with Crippen molar-refractivity contribution >= 4 is 63.7 Å². The molecule has 0 heterocycles. The molecule has 0 aromatic heterocycles. The normalized spacial score (nSPS) is 11.2. The van der Waals surface area contributed by atoms with Crippen molar-refractivity contribution in [3.8, 4) is 11.5 Å². The fourth-order valence-electron chi connectivity index (χ4n) is 2.02. The van der Waals surface area contributed by atoms with Crippen molar-refractivity contribution in [2.45, 2.75) is 26.7 Å². The van der Waals surface area contributed by atoms with Gasteiger partial charge in [0.1, 0.15) is 11.5 Å². The van der Waals surface area contributed by atoms with E-state index in [0.29, 0.717) is 17.9 Å². The van der Waals surface area contributed by atoms with Crippen LogP contribution < -0.4 is 0 Å². The van der Waals surface area contributed by atoms with Gasteiger partial charge in [0.2, 0.25) is 0 Å². The highest BCUT2D eigenvalue weighted by molar-refractivity contribution is 9.11. The van der Waals surface area contributed by atoms with Crippen LogP contribution in [-0.2, 0) is 5.41 Å². The first kappa shape index (κ1) is 20.0. The largest absolute Gasteiger partial charge is 0.506 e. The maximum Gasteiger partial charge on any atom is 0.143 e. The van der Waals surface area contributed by atoms with Gasteiger partial charge in [-0.2, -0.15) is 0 Å². The molecule has 0 aliphatic rings. The molecule has 0 saturated carbocycles. The molecule has 0 aliphatic heterocycles. The third-order valence-corrected chi connectivity index (χ3v) is 5.90. The standard InChI is InChI=1S/C15H12Br4O2.CH4/c1-15(2,7-3-9(16)13(20)10(17)4-7)8-5-11(18)14(21)12(19)6-8;/h3-6,20-21H,1-2H3;1H4. The van der Waals surface area contributed by atoms with Gasteiger partial charge in [0, 0.05) is 5.41 Å². The highest BCUT2D eigenvalue weighted by atomic mass is 79.9. The first-order chi connectivity index (χ1) is 9.64. The summed E-state index contributed by atoms with van der Waals surface area (Å²) in [5.41, 5.74) is 1.75. The minimum absolute atomic E-state index is 0. The molecule has 0 bridgehead atoms. The number of hydrogen-bond donors (Lipinski definition) is 2. The first-order valence-electron chi connectivity index (χ1n) is 6.01. The van der Waals surface area contributed by atoms with E-state index in [1.165, 1.54) is 0 Å². The van der Waals surface area contributed by atoms with E-state index >= 15 is 0 Å². The van der Waals surface area contributed by atoms with Crippen molar-refractivity contribution in [2.24, 2.45) is 0 Å². The molecule has 120 valence electrons. The minimum atomic E-state index is -0.308. The third kappa shape index (κ3) is 3.71. The Kier molecular flexibility index (Phi) is 6.58. The molecular formula is C16H16Br4O2. The summed E-state index contributed by atoms with van der Waals surface area (Å²) in [6, 6.07) is 7.59. The molecule has 0 unspecified atom stereocenters. The summed E-state index contributed by atoms with van der Waals surface area (Å²) in [7, 11) is 0. The van der Waals surface area contributed by atoms with E-state index in [2.05, 4.69) is 77.6 Å². The topological polar surface area (TPSA) is 40.5 Å². The lowest BCUT2D eigenvalue weighted by molar-refractivity contribution is 0.466. The first-order valence-corrected chi connectivity index (χ1v) is 9.18. The molecule has 2 rings (SSSR count). The van der Waals surface area contributed by atoms with E-state index in [0.717, 1.165) is 11.1 Å². The molecule has 0 atom stereocenters. The second kappa shape index (κ2) is 7.24. The molecule has 2 nitrogen and oxygen atoms in total. The van der Waals surface area contributed by atoms with Gasteiger partial charge < -0.3 is 10.2 Å². The van der Waals surface area contributed by atoms with Gasteiger partial charge in [-0.25, -0.2) is 0 Å². The average Bonchev–Trinajstić information content (AvgIpc) is 2.40. The zero-order valence-corrected chi connectivity index (χ0v) is 17.6. The molecule has 0 aliphatic carbocycles. The van der Waals surface area contributed by atoms with Crippen LogP contribution in [0.3, 0.4) is 0 Å². The van der Waals surface area contributed by atoms with Crippen LogP contribution in [0.5, 0.6) is 11.5 Å². The molecule has 2 aromatic carbocycles. The Morgan fingerprint density at radius 2 is 0.909 bits per heavy atom. The second-order valence-electron chi connectivity index (χ2n) is 5.20. The van der Waals surface area contributed by atoms with Crippen molar-refractivity contribution in [2.75, 3.05) is 0 Å². The van der Waals surface area contributed by atoms with Gasteiger partial charge in [0.05, 0.1) is 17.9 Å². The van der Waals surface area contributed by atoms with Gasteiger partial charge >= 0.3 is 0 Å². The number of hydrogen-bond acceptors (Lipinski definition) is 2. The van der Waals surface area contributed by atoms with Gasteiger partial charge in [-0.15, -0.1) is 0 Å². The van der Waals surface area contributed by atoms with E-state index in [9.17, 15) is 10.2 Å². The van der Waals surface area contributed by atoms with Crippen LogP contribution in [0.25, 0.3) is 0 Å². The Morgan fingerprint density at radius 3 is 1.14 bits per heavy atom. The zero-order valence-electron chi connectivity index (χ0n) is 11.2. The van der Waals surface area contributed by atoms with Crippen molar-refractivity contribution in [1.29, 1.82) is 0 Å². The Labute approximate surface area is 164 Å². The van der Waals surface area contributed by atoms with Crippen LogP contribution in [0, 0.1) is 0 Å². The summed E-state index contributed by atoms with van der Waals surface area (Å²) < 4.78 is 2.54. The number of benzene rings is 2. The summed E-state index contributed by atoms with van der Waals surface area (Å²) in [5, 5.41) is 19.7. The van der Waals surface area contributed by atoms with E-state index in [1.54, 1.807) is 0 Å². The van der Waals surface area contributed by atoms with E-state index in [-0.39, 0.29) is 24.3 Å². The van der Waals surface area contributed by atoms with Crippen LogP contribution in [0.2, 0.25) is 0 Å². The summed E-state index contributed by atoms with van der Waals surface area (Å²) in [6.45, 7) is 4.17. The van der Waals surface area contributed by atoms with Crippen LogP contribution in [0.1, 0.15) is 32.4 Å². The van der Waals surface area contributed by atoms with Crippen LogP contribution in [0.4, 0.5) is 0 Å². The highest BCUT2D eigenvalue weighted by Crippen LogP contribution is 2.43. The molecule has 2 aromatic rings. The molecule has 0 amide bonds. The molecule has 0 fully saturated rings. The van der Waals surface area contributed by atoms with E-state index in [4.69, 9.17) is 0 Å². The quantitative estimate of drug-likeness (QED) is 0.412. The van der Waals surface area contributed by atoms with Crippen molar-refractivity contribution in [3.05, 3.63) is 53.3 Å². The minimum Gasteiger partial charge on any atom is -0.506 e. The molecular weight excluding hydrogens is 544 g/mol. The maximum atomic E-state index is 9.85. The summed E-state index contributed by atoms with van der Waals surface area (Å²) in [6.07, 6.45) is 0. The molecule has 0 saturated heterocycles. The highest BCUT2D eigenvalue weighted by Gasteiger charge is 2.26.